The minimum absolute atomic E-state index is 0.567. The molecule has 0 spiro atoms. The highest BCUT2D eigenvalue weighted by atomic mass is 127. The van der Waals surface area contributed by atoms with Crippen LogP contribution in [0.25, 0.3) is 17.0 Å². The number of nitrogens with zero attached hydrogens (tertiary/aromatic N) is 2. The second-order valence-corrected chi connectivity index (χ2v) is 6.83. The van der Waals surface area contributed by atoms with E-state index in [1.165, 1.54) is 0 Å². The smallest absolute Gasteiger partial charge is 0.135 e. The van der Waals surface area contributed by atoms with E-state index in [0.29, 0.717) is 17.9 Å². The Kier molecular flexibility index (Phi) is 5.89. The normalized spacial score (nSPS) is 10.9. The molecule has 2 aromatic carbocycles. The Morgan fingerprint density at radius 2 is 2.16 bits per heavy atom. The summed E-state index contributed by atoms with van der Waals surface area (Å²) in [6, 6.07) is 15.3. The fourth-order valence-corrected chi connectivity index (χ4v) is 3.86. The molecule has 6 heteroatoms. The lowest BCUT2D eigenvalue weighted by atomic mass is 10.1. The highest BCUT2D eigenvalue weighted by Gasteiger charge is 2.11. The van der Waals surface area contributed by atoms with Gasteiger partial charge in [-0.1, -0.05) is 6.07 Å². The predicted octanol–water partition coefficient (Wildman–Crippen LogP) is 6.16. The van der Waals surface area contributed by atoms with Crippen molar-refractivity contribution in [3.63, 3.8) is 0 Å². The van der Waals surface area contributed by atoms with Gasteiger partial charge in [-0.2, -0.15) is 5.26 Å². The average Bonchev–Trinajstić information content (AvgIpc) is 3.07. The summed E-state index contributed by atoms with van der Waals surface area (Å²) in [5.41, 5.74) is 2.61. The number of rotatable bonds is 6. The quantitative estimate of drug-likeness (QED) is 0.325. The average molecular weight is 462 g/mol. The van der Waals surface area contributed by atoms with Crippen LogP contribution in [-0.2, 0) is 4.74 Å². The number of benzene rings is 2. The van der Waals surface area contributed by atoms with Gasteiger partial charge < -0.3 is 9.47 Å². The maximum Gasteiger partial charge on any atom is 0.135 e. The molecule has 1 heterocycles. The predicted molar refractivity (Wildman–Crippen MR) is 111 cm³/mol. The van der Waals surface area contributed by atoms with E-state index in [0.717, 1.165) is 22.2 Å². The van der Waals surface area contributed by atoms with E-state index in [4.69, 9.17) is 14.7 Å². The van der Waals surface area contributed by atoms with Crippen molar-refractivity contribution >= 4 is 47.3 Å². The van der Waals surface area contributed by atoms with Crippen molar-refractivity contribution in [1.82, 2.24) is 3.97 Å². The lowest BCUT2D eigenvalue weighted by Gasteiger charge is -2.11. The van der Waals surface area contributed by atoms with Gasteiger partial charge in [-0.15, -0.1) is 0 Å². The topological polar surface area (TPSA) is 47.2 Å². The molecule has 0 radical (unpaired) electrons. The molecular formula is C19H15IN2O2S. The van der Waals surface area contributed by atoms with Crippen LogP contribution in [0.4, 0.5) is 0 Å². The van der Waals surface area contributed by atoms with Crippen LogP contribution in [0, 0.1) is 11.3 Å². The third-order valence-electron chi connectivity index (χ3n) is 3.60. The first kappa shape index (κ1) is 17.7. The van der Waals surface area contributed by atoms with Gasteiger partial charge in [-0.05, 0) is 49.4 Å². The molecule has 0 amide bonds. The van der Waals surface area contributed by atoms with Crippen molar-refractivity contribution in [2.75, 3.05) is 6.61 Å². The van der Waals surface area contributed by atoms with Gasteiger partial charge in [0.05, 0.1) is 30.0 Å². The number of hydrogen-bond acceptors (Lipinski definition) is 4. The molecule has 25 heavy (non-hydrogen) atoms. The SMILES string of the molecule is CCO/C=C\c1c(Oc2cccc(C#N)c2)ccc2c1ccn2SI. The Hall–Kier alpha value is -2.11. The molecule has 3 aromatic rings. The van der Waals surface area contributed by atoms with Crippen molar-refractivity contribution in [2.45, 2.75) is 6.92 Å². The zero-order valence-electron chi connectivity index (χ0n) is 13.5. The summed E-state index contributed by atoms with van der Waals surface area (Å²) in [5, 5.41) is 10.1. The standard InChI is InChI=1S/C19H15IN2O2S/c1-2-23-11-9-17-16-8-10-22(25-20)18(16)6-7-19(17)24-15-5-3-4-14(12-15)13-21/h3-12H,2H2,1H3/b11-9-. The minimum Gasteiger partial charge on any atom is -0.501 e. The molecule has 0 aliphatic rings. The number of halogens is 1. The van der Waals surface area contributed by atoms with Gasteiger partial charge in [0, 0.05) is 47.5 Å². The van der Waals surface area contributed by atoms with Crippen LogP contribution in [0.3, 0.4) is 0 Å². The molecule has 0 fully saturated rings. The monoisotopic (exact) mass is 462 g/mol. The van der Waals surface area contributed by atoms with Gasteiger partial charge in [0.1, 0.15) is 11.5 Å². The number of fused-ring (bicyclic) bond motifs is 1. The molecule has 3 rings (SSSR count). The van der Waals surface area contributed by atoms with Gasteiger partial charge in [0.2, 0.25) is 0 Å². The molecule has 0 N–H and O–H groups in total. The molecule has 0 aliphatic carbocycles. The first-order valence-corrected chi connectivity index (χ1v) is 11.0. The van der Waals surface area contributed by atoms with E-state index in [1.807, 2.05) is 43.5 Å². The Morgan fingerprint density at radius 3 is 2.92 bits per heavy atom. The van der Waals surface area contributed by atoms with E-state index < -0.39 is 0 Å². The summed E-state index contributed by atoms with van der Waals surface area (Å²) < 4.78 is 13.5. The van der Waals surface area contributed by atoms with Crippen molar-refractivity contribution in [2.24, 2.45) is 0 Å². The fraction of sp³-hybridized carbons (Fsp3) is 0.105. The summed E-state index contributed by atoms with van der Waals surface area (Å²) in [4.78, 5) is 0. The largest absolute Gasteiger partial charge is 0.501 e. The lowest BCUT2D eigenvalue weighted by Crippen LogP contribution is -1.90. The molecular weight excluding hydrogens is 447 g/mol. The Balaban J connectivity index is 2.06. The molecule has 126 valence electrons. The second-order valence-electron chi connectivity index (χ2n) is 5.12. The van der Waals surface area contributed by atoms with Crippen LogP contribution in [-0.4, -0.2) is 10.6 Å². The van der Waals surface area contributed by atoms with Gasteiger partial charge in [0.15, 0.2) is 0 Å². The molecule has 0 saturated carbocycles. The first-order chi connectivity index (χ1) is 12.3. The summed E-state index contributed by atoms with van der Waals surface area (Å²) in [7, 11) is 1.61. The van der Waals surface area contributed by atoms with Crippen LogP contribution < -0.4 is 4.74 Å². The van der Waals surface area contributed by atoms with Crippen LogP contribution >= 0.6 is 30.3 Å². The number of ether oxygens (including phenoxy) is 2. The van der Waals surface area contributed by atoms with Crippen molar-refractivity contribution < 1.29 is 9.47 Å². The molecule has 0 bridgehead atoms. The fourth-order valence-electron chi connectivity index (χ4n) is 2.48. The van der Waals surface area contributed by atoms with Gasteiger partial charge >= 0.3 is 0 Å². The van der Waals surface area contributed by atoms with Crippen LogP contribution in [0.15, 0.2) is 54.9 Å². The van der Waals surface area contributed by atoms with E-state index in [2.05, 4.69) is 37.3 Å². The summed E-state index contributed by atoms with van der Waals surface area (Å²) in [6.45, 7) is 2.55. The molecule has 0 aliphatic heterocycles. The maximum absolute atomic E-state index is 9.06. The zero-order chi connectivity index (χ0) is 17.6. The number of hydrogen-bond donors (Lipinski definition) is 0. The molecule has 0 unspecified atom stereocenters. The van der Waals surface area contributed by atoms with Gasteiger partial charge in [-0.3, -0.25) is 3.97 Å². The summed E-state index contributed by atoms with van der Waals surface area (Å²) >= 11 is 2.25. The Morgan fingerprint density at radius 1 is 1.28 bits per heavy atom. The van der Waals surface area contributed by atoms with E-state index in [9.17, 15) is 0 Å². The van der Waals surface area contributed by atoms with Crippen LogP contribution in [0.2, 0.25) is 0 Å². The van der Waals surface area contributed by atoms with Gasteiger partial charge in [0.25, 0.3) is 0 Å². The maximum atomic E-state index is 9.06. The Labute approximate surface area is 162 Å². The molecule has 1 aromatic heterocycles. The molecule has 0 atom stereocenters. The van der Waals surface area contributed by atoms with Crippen LogP contribution in [0.1, 0.15) is 18.1 Å². The number of aromatic nitrogens is 1. The molecule has 4 nitrogen and oxygen atoms in total. The van der Waals surface area contributed by atoms with Gasteiger partial charge in [-0.25, -0.2) is 0 Å². The summed E-state index contributed by atoms with van der Waals surface area (Å²) in [5.74, 6) is 1.35. The lowest BCUT2D eigenvalue weighted by molar-refractivity contribution is 0.272. The van der Waals surface area contributed by atoms with Crippen LogP contribution in [0.5, 0.6) is 11.5 Å². The second kappa shape index (κ2) is 8.32. The van der Waals surface area contributed by atoms with Crippen molar-refractivity contribution in [1.29, 1.82) is 5.26 Å². The highest BCUT2D eigenvalue weighted by Crippen LogP contribution is 2.35. The van der Waals surface area contributed by atoms with E-state index in [-0.39, 0.29) is 0 Å². The summed E-state index contributed by atoms with van der Waals surface area (Å²) in [6.07, 6.45) is 5.62. The van der Waals surface area contributed by atoms with E-state index in [1.54, 1.807) is 27.5 Å². The minimum atomic E-state index is 0.567. The number of nitriles is 1. The highest BCUT2D eigenvalue weighted by molar-refractivity contribution is 14.2. The van der Waals surface area contributed by atoms with E-state index >= 15 is 0 Å². The van der Waals surface area contributed by atoms with Crippen molar-refractivity contribution in [3.8, 4) is 17.6 Å². The van der Waals surface area contributed by atoms with Crippen molar-refractivity contribution in [3.05, 3.63) is 66.1 Å². The first-order valence-electron chi connectivity index (χ1n) is 7.66. The third kappa shape index (κ3) is 3.94. The zero-order valence-corrected chi connectivity index (χ0v) is 16.5. The Bertz CT molecular complexity index is 960. The molecule has 0 saturated heterocycles. The third-order valence-corrected chi connectivity index (χ3v) is 5.34.